The maximum atomic E-state index is 10.9. The molecule has 0 saturated carbocycles. The molecule has 0 heterocycles. The van der Waals surface area contributed by atoms with Gasteiger partial charge in [0.15, 0.2) is 9.04 Å². The minimum atomic E-state index is -4.47. The van der Waals surface area contributed by atoms with Crippen LogP contribution in [0.2, 0.25) is 13.1 Å². The zero-order valence-corrected chi connectivity index (χ0v) is 11.6. The van der Waals surface area contributed by atoms with Gasteiger partial charge in [0.2, 0.25) is 4.84 Å². The van der Waals surface area contributed by atoms with Crippen LogP contribution in [0.3, 0.4) is 0 Å². The van der Waals surface area contributed by atoms with E-state index in [1.807, 2.05) is 0 Å². The Bertz CT molecular complexity index is 109. The van der Waals surface area contributed by atoms with Crippen molar-refractivity contribution >= 4 is 42.7 Å². The van der Waals surface area contributed by atoms with Gasteiger partial charge in [0.25, 0.3) is 0 Å². The fourth-order valence-corrected chi connectivity index (χ4v) is 0. The molecule has 12 heavy (non-hydrogen) atoms. The Labute approximate surface area is 84.5 Å². The van der Waals surface area contributed by atoms with Crippen molar-refractivity contribution in [1.82, 2.24) is 0 Å². The van der Waals surface area contributed by atoms with Gasteiger partial charge in [-0.05, 0) is 13.1 Å². The normalized spacial score (nSPS) is 11.8. The van der Waals surface area contributed by atoms with Crippen LogP contribution in [-0.4, -0.2) is 30.5 Å². The molecule has 0 saturated heterocycles. The second-order valence-corrected chi connectivity index (χ2v) is 7.21. The smallest absolute Gasteiger partial charge is 0.418 e. The van der Waals surface area contributed by atoms with Crippen LogP contribution in [0.4, 0.5) is 13.2 Å². The van der Waals surface area contributed by atoms with Gasteiger partial charge in [-0.25, -0.2) is 0 Å². The van der Waals surface area contributed by atoms with Crippen molar-refractivity contribution < 1.29 is 17.3 Å². The number of rotatable bonds is 1. The highest BCUT2D eigenvalue weighted by atomic mass is 35.5. The molecule has 0 N–H and O–H groups in total. The van der Waals surface area contributed by atoms with Gasteiger partial charge in [-0.1, -0.05) is 23.2 Å². The molecule has 0 bridgehead atoms. The van der Waals surface area contributed by atoms with E-state index in [9.17, 15) is 13.2 Å². The highest BCUT2D eigenvalue weighted by molar-refractivity contribution is 6.52. The number of hydrogen-bond acceptors (Lipinski definition) is 1. The van der Waals surface area contributed by atoms with E-state index in [4.69, 9.17) is 4.12 Å². The summed E-state index contributed by atoms with van der Waals surface area (Å²) in [5.41, 5.74) is 0. The van der Waals surface area contributed by atoms with Gasteiger partial charge in [0.05, 0.1) is 0 Å². The quantitative estimate of drug-likeness (QED) is 0.513. The van der Waals surface area contributed by atoms with Crippen LogP contribution in [-0.2, 0) is 4.12 Å². The third kappa shape index (κ3) is 13.4. The van der Waals surface area contributed by atoms with Crippen molar-refractivity contribution in [2.75, 3.05) is 0 Å². The minimum absolute atomic E-state index is 0.588. The monoisotopic (exact) mass is 258 g/mol. The van der Waals surface area contributed by atoms with E-state index in [1.165, 1.54) is 0 Å². The summed E-state index contributed by atoms with van der Waals surface area (Å²) in [5, 5.41) is 0. The van der Waals surface area contributed by atoms with Gasteiger partial charge in [-0.15, -0.1) is 0 Å². The van der Waals surface area contributed by atoms with Crippen LogP contribution in [0.1, 0.15) is 0 Å². The molecule has 0 spiro atoms. The SMILES string of the molecule is C[SiH](C)O[SiH3].FC(F)(F)C(Cl)Cl. The summed E-state index contributed by atoms with van der Waals surface area (Å²) in [6.45, 7) is 4.35. The zero-order valence-electron chi connectivity index (χ0n) is 6.95. The van der Waals surface area contributed by atoms with Crippen molar-refractivity contribution in [1.29, 1.82) is 0 Å². The first-order valence-corrected chi connectivity index (χ1v) is 7.56. The molecule has 1 nitrogen and oxygen atoms in total. The molecule has 0 radical (unpaired) electrons. The predicted molar refractivity (Wildman–Crippen MR) is 51.5 cm³/mol. The molecule has 0 aromatic carbocycles. The summed E-state index contributed by atoms with van der Waals surface area (Å²) < 4.78 is 37.8. The Morgan fingerprint density at radius 3 is 1.50 bits per heavy atom. The first-order valence-electron chi connectivity index (χ1n) is 3.09. The van der Waals surface area contributed by atoms with Gasteiger partial charge in [-0.2, -0.15) is 13.2 Å². The molecular weight excluding hydrogens is 248 g/mol. The second-order valence-electron chi connectivity index (χ2n) is 2.13. The predicted octanol–water partition coefficient (Wildman–Crippen LogP) is 1.62. The van der Waals surface area contributed by atoms with Crippen LogP contribution in [0, 0.1) is 0 Å². The number of hydrogen-bond donors (Lipinski definition) is 0. The van der Waals surface area contributed by atoms with Gasteiger partial charge in [0.1, 0.15) is 10.5 Å². The van der Waals surface area contributed by atoms with E-state index in [0.717, 1.165) is 10.5 Å². The minimum Gasteiger partial charge on any atom is -0.466 e. The van der Waals surface area contributed by atoms with Crippen LogP contribution < -0.4 is 0 Å². The lowest BCUT2D eigenvalue weighted by atomic mass is 10.8. The second kappa shape index (κ2) is 7.19. The first kappa shape index (κ1) is 15.2. The lowest BCUT2D eigenvalue weighted by Crippen LogP contribution is -2.16. The Kier molecular flexibility index (Phi) is 9.14. The summed E-state index contributed by atoms with van der Waals surface area (Å²) in [7, 11) is 0.347. The van der Waals surface area contributed by atoms with Crippen LogP contribution in [0.15, 0.2) is 0 Å². The molecule has 8 heteroatoms. The van der Waals surface area contributed by atoms with Gasteiger partial charge in [0, 0.05) is 0 Å². The zero-order chi connectivity index (χ0) is 10.4. The van der Waals surface area contributed by atoms with E-state index < -0.39 is 20.1 Å². The Morgan fingerprint density at radius 1 is 1.33 bits per heavy atom. The number of halogens is 5. The van der Waals surface area contributed by atoms with E-state index in [0.29, 0.717) is 0 Å². The molecule has 0 unspecified atom stereocenters. The van der Waals surface area contributed by atoms with E-state index >= 15 is 0 Å². The fraction of sp³-hybridized carbons (Fsp3) is 1.00. The maximum absolute atomic E-state index is 10.9. The first-order chi connectivity index (χ1) is 5.21. The lowest BCUT2D eigenvalue weighted by Gasteiger charge is -2.03. The highest BCUT2D eigenvalue weighted by Gasteiger charge is 2.36. The van der Waals surface area contributed by atoms with E-state index in [1.54, 1.807) is 0 Å². The summed E-state index contributed by atoms with van der Waals surface area (Å²) >= 11 is 8.79. The molecule has 0 atom stereocenters. The lowest BCUT2D eigenvalue weighted by molar-refractivity contribution is -0.115. The van der Waals surface area contributed by atoms with Crippen LogP contribution in [0.25, 0.3) is 0 Å². The molecule has 0 aromatic rings. The third-order valence-electron chi connectivity index (χ3n) is 0.719. The average molecular weight is 259 g/mol. The van der Waals surface area contributed by atoms with Crippen LogP contribution >= 0.6 is 23.2 Å². The summed E-state index contributed by atoms with van der Waals surface area (Å²) in [4.78, 5) is -2.26. The molecule has 0 aliphatic heterocycles. The third-order valence-corrected chi connectivity index (χ3v) is 4.98. The van der Waals surface area contributed by atoms with E-state index in [2.05, 4.69) is 36.3 Å². The Morgan fingerprint density at radius 2 is 1.50 bits per heavy atom. The fourth-order valence-electron chi connectivity index (χ4n) is 0. The van der Waals surface area contributed by atoms with Crippen molar-refractivity contribution in [2.24, 2.45) is 0 Å². The van der Waals surface area contributed by atoms with Crippen LogP contribution in [0.5, 0.6) is 0 Å². The Balaban J connectivity index is 0. The highest BCUT2D eigenvalue weighted by Crippen LogP contribution is 2.26. The maximum Gasteiger partial charge on any atom is 0.418 e. The van der Waals surface area contributed by atoms with Gasteiger partial charge >= 0.3 is 6.18 Å². The molecule has 0 aliphatic rings. The van der Waals surface area contributed by atoms with Crippen molar-refractivity contribution in [3.8, 4) is 0 Å². The molecule has 0 amide bonds. The molecule has 0 aliphatic carbocycles. The largest absolute Gasteiger partial charge is 0.466 e. The summed E-state index contributed by atoms with van der Waals surface area (Å²) in [6.07, 6.45) is -4.47. The van der Waals surface area contributed by atoms with Crippen molar-refractivity contribution in [3.63, 3.8) is 0 Å². The van der Waals surface area contributed by atoms with Crippen molar-refractivity contribution in [2.45, 2.75) is 24.1 Å². The molecule has 76 valence electrons. The standard InChI is InChI=1S/C2HCl2F3.C2H10OSi2/c3-1(4)2(5,6)7;1-5(2)3-4/h1H;5H,1-2,4H3. The Hall–Kier alpha value is 0.764. The summed E-state index contributed by atoms with van der Waals surface area (Å²) in [5.74, 6) is 0. The van der Waals surface area contributed by atoms with Crippen molar-refractivity contribution in [3.05, 3.63) is 0 Å². The van der Waals surface area contributed by atoms with Gasteiger partial charge in [-0.3, -0.25) is 0 Å². The molecule has 0 fully saturated rings. The molecular formula is C4H11Cl2F3OSi2. The summed E-state index contributed by atoms with van der Waals surface area (Å²) in [6, 6.07) is 0. The van der Waals surface area contributed by atoms with Gasteiger partial charge < -0.3 is 4.12 Å². The average Bonchev–Trinajstić information content (AvgIpc) is 1.87. The number of alkyl halides is 5. The topological polar surface area (TPSA) is 9.23 Å². The van der Waals surface area contributed by atoms with E-state index in [-0.39, 0.29) is 0 Å². The molecule has 0 aromatic heterocycles. The molecule has 0 rings (SSSR count).